The fourth-order valence-electron chi connectivity index (χ4n) is 2.48. The Bertz CT molecular complexity index is 896. The first kappa shape index (κ1) is 18.2. The topological polar surface area (TPSA) is 91.0 Å². The number of benzene rings is 2. The van der Waals surface area contributed by atoms with Crippen molar-refractivity contribution in [3.8, 4) is 0 Å². The number of para-hydroxylation sites is 1. The van der Waals surface area contributed by atoms with E-state index in [2.05, 4.69) is 31.2 Å². The lowest BCUT2D eigenvalue weighted by atomic mass is 10.3. The van der Waals surface area contributed by atoms with Gasteiger partial charge in [-0.3, -0.25) is 0 Å². The molecule has 0 unspecified atom stereocenters. The van der Waals surface area contributed by atoms with Crippen LogP contribution in [0.3, 0.4) is 0 Å². The summed E-state index contributed by atoms with van der Waals surface area (Å²) in [7, 11) is 0. The molecule has 2 aromatic carbocycles. The Hall–Kier alpha value is -3.61. The van der Waals surface area contributed by atoms with Crippen molar-refractivity contribution in [1.29, 1.82) is 0 Å². The van der Waals surface area contributed by atoms with Crippen LogP contribution < -0.4 is 21.3 Å². The Labute approximate surface area is 158 Å². The number of aryl methyl sites for hydroxylation is 1. The SMILES string of the molecule is CCNc1cc(C)nc(Nc2ccc(NC(=O)Nc3ccccc3)cc2)n1. The van der Waals surface area contributed by atoms with Crippen LogP contribution in [0.25, 0.3) is 0 Å². The molecule has 0 atom stereocenters. The van der Waals surface area contributed by atoms with Crippen LogP contribution in [0.5, 0.6) is 0 Å². The molecule has 0 aliphatic carbocycles. The number of nitrogens with one attached hydrogen (secondary N) is 4. The molecule has 0 aliphatic rings. The van der Waals surface area contributed by atoms with Crippen LogP contribution in [0.15, 0.2) is 60.7 Å². The highest BCUT2D eigenvalue weighted by Gasteiger charge is 2.05. The van der Waals surface area contributed by atoms with Gasteiger partial charge in [-0.05, 0) is 50.2 Å². The van der Waals surface area contributed by atoms with Crippen LogP contribution in [-0.2, 0) is 0 Å². The summed E-state index contributed by atoms with van der Waals surface area (Å²) in [6.07, 6.45) is 0. The third kappa shape index (κ3) is 5.43. The van der Waals surface area contributed by atoms with E-state index in [-0.39, 0.29) is 6.03 Å². The number of anilines is 5. The molecule has 0 saturated carbocycles. The lowest BCUT2D eigenvalue weighted by Crippen LogP contribution is -2.19. The van der Waals surface area contributed by atoms with Crippen molar-refractivity contribution in [2.45, 2.75) is 13.8 Å². The first-order chi connectivity index (χ1) is 13.1. The van der Waals surface area contributed by atoms with Crippen LogP contribution in [0, 0.1) is 6.92 Å². The van der Waals surface area contributed by atoms with Gasteiger partial charge in [0.1, 0.15) is 5.82 Å². The molecule has 0 radical (unpaired) electrons. The number of amides is 2. The molecule has 138 valence electrons. The highest BCUT2D eigenvalue weighted by atomic mass is 16.2. The molecule has 4 N–H and O–H groups in total. The van der Waals surface area contributed by atoms with Gasteiger partial charge in [0.15, 0.2) is 0 Å². The number of hydrogen-bond acceptors (Lipinski definition) is 5. The van der Waals surface area contributed by atoms with Gasteiger partial charge in [0.05, 0.1) is 0 Å². The van der Waals surface area contributed by atoms with Gasteiger partial charge in [0.2, 0.25) is 5.95 Å². The summed E-state index contributed by atoms with van der Waals surface area (Å²) in [5, 5.41) is 11.9. The van der Waals surface area contributed by atoms with Gasteiger partial charge in [-0.15, -0.1) is 0 Å². The Balaban J connectivity index is 1.61. The molecule has 7 nitrogen and oxygen atoms in total. The fraction of sp³-hybridized carbons (Fsp3) is 0.150. The van der Waals surface area contributed by atoms with Gasteiger partial charge >= 0.3 is 6.03 Å². The summed E-state index contributed by atoms with van der Waals surface area (Å²) in [6.45, 7) is 4.73. The Morgan fingerprint density at radius 3 is 2.19 bits per heavy atom. The normalized spacial score (nSPS) is 10.1. The Morgan fingerprint density at radius 2 is 1.52 bits per heavy atom. The Morgan fingerprint density at radius 1 is 0.889 bits per heavy atom. The third-order valence-corrected chi connectivity index (χ3v) is 3.64. The molecule has 0 bridgehead atoms. The van der Waals surface area contributed by atoms with E-state index in [1.54, 1.807) is 0 Å². The van der Waals surface area contributed by atoms with E-state index < -0.39 is 0 Å². The van der Waals surface area contributed by atoms with Gasteiger partial charge in [-0.2, -0.15) is 4.98 Å². The average Bonchev–Trinajstić information content (AvgIpc) is 2.64. The van der Waals surface area contributed by atoms with Crippen molar-refractivity contribution in [1.82, 2.24) is 9.97 Å². The molecule has 3 rings (SSSR count). The highest BCUT2D eigenvalue weighted by Crippen LogP contribution is 2.18. The van der Waals surface area contributed by atoms with Gasteiger partial charge < -0.3 is 21.3 Å². The monoisotopic (exact) mass is 362 g/mol. The van der Waals surface area contributed by atoms with Crippen molar-refractivity contribution in [3.63, 3.8) is 0 Å². The molecule has 1 heterocycles. The van der Waals surface area contributed by atoms with E-state index in [1.807, 2.05) is 74.5 Å². The molecular formula is C20H22N6O. The van der Waals surface area contributed by atoms with E-state index in [0.717, 1.165) is 29.4 Å². The quantitative estimate of drug-likeness (QED) is 0.514. The highest BCUT2D eigenvalue weighted by molar-refractivity contribution is 5.99. The smallest absolute Gasteiger partial charge is 0.323 e. The minimum absolute atomic E-state index is 0.292. The largest absolute Gasteiger partial charge is 0.370 e. The molecule has 0 fully saturated rings. The van der Waals surface area contributed by atoms with E-state index in [1.165, 1.54) is 0 Å². The molecule has 7 heteroatoms. The number of aromatic nitrogens is 2. The maximum atomic E-state index is 12.0. The molecule has 0 saturated heterocycles. The summed E-state index contributed by atoms with van der Waals surface area (Å²) >= 11 is 0. The van der Waals surface area contributed by atoms with Crippen molar-refractivity contribution >= 4 is 34.9 Å². The Kier molecular flexibility index (Phi) is 5.84. The second-order valence-corrected chi connectivity index (χ2v) is 5.90. The average molecular weight is 362 g/mol. The van der Waals surface area contributed by atoms with Crippen LogP contribution in [0.4, 0.5) is 33.6 Å². The number of hydrogen-bond donors (Lipinski definition) is 4. The molecule has 0 aliphatic heterocycles. The standard InChI is InChI=1S/C20H22N6O/c1-3-21-18-13-14(2)22-19(26-18)23-16-9-11-17(12-10-16)25-20(27)24-15-7-5-4-6-8-15/h4-13H,3H2,1-2H3,(H2,24,25,27)(H2,21,22,23,26). The van der Waals surface area contributed by atoms with Gasteiger partial charge in [-0.25, -0.2) is 9.78 Å². The molecule has 1 aromatic heterocycles. The first-order valence-corrected chi connectivity index (χ1v) is 8.72. The van der Waals surface area contributed by atoms with E-state index in [4.69, 9.17) is 0 Å². The van der Waals surface area contributed by atoms with Crippen LogP contribution in [0.1, 0.15) is 12.6 Å². The summed E-state index contributed by atoms with van der Waals surface area (Å²) in [4.78, 5) is 20.8. The first-order valence-electron chi connectivity index (χ1n) is 8.72. The van der Waals surface area contributed by atoms with Gasteiger partial charge in [-0.1, -0.05) is 18.2 Å². The number of carbonyl (C=O) groups is 1. The van der Waals surface area contributed by atoms with Gasteiger partial charge in [0.25, 0.3) is 0 Å². The van der Waals surface area contributed by atoms with Gasteiger partial charge in [0, 0.05) is 35.4 Å². The molecular weight excluding hydrogens is 340 g/mol. The maximum Gasteiger partial charge on any atom is 0.323 e. The zero-order valence-electron chi connectivity index (χ0n) is 15.3. The number of rotatable bonds is 6. The number of nitrogens with zero attached hydrogens (tertiary/aromatic N) is 2. The van der Waals surface area contributed by atoms with E-state index >= 15 is 0 Å². The second kappa shape index (κ2) is 8.66. The summed E-state index contributed by atoms with van der Waals surface area (Å²) in [5.41, 5.74) is 3.13. The minimum atomic E-state index is -0.292. The molecule has 3 aromatic rings. The lowest BCUT2D eigenvalue weighted by Gasteiger charge is -2.10. The van der Waals surface area contributed by atoms with E-state index in [0.29, 0.717) is 11.6 Å². The van der Waals surface area contributed by atoms with Crippen molar-refractivity contribution < 1.29 is 4.79 Å². The molecule has 0 spiro atoms. The van der Waals surface area contributed by atoms with Crippen LogP contribution >= 0.6 is 0 Å². The molecule has 2 amide bonds. The third-order valence-electron chi connectivity index (χ3n) is 3.64. The van der Waals surface area contributed by atoms with Crippen molar-refractivity contribution in [2.75, 3.05) is 27.8 Å². The van der Waals surface area contributed by atoms with E-state index in [9.17, 15) is 4.79 Å². The zero-order valence-corrected chi connectivity index (χ0v) is 15.3. The predicted octanol–water partition coefficient (Wildman–Crippen LogP) is 4.60. The van der Waals surface area contributed by atoms with Crippen LogP contribution in [-0.4, -0.2) is 22.5 Å². The van der Waals surface area contributed by atoms with Crippen molar-refractivity contribution in [3.05, 3.63) is 66.4 Å². The second-order valence-electron chi connectivity index (χ2n) is 5.90. The maximum absolute atomic E-state index is 12.0. The number of carbonyl (C=O) groups excluding carboxylic acids is 1. The van der Waals surface area contributed by atoms with Crippen molar-refractivity contribution in [2.24, 2.45) is 0 Å². The lowest BCUT2D eigenvalue weighted by molar-refractivity contribution is 0.262. The predicted molar refractivity (Wildman–Crippen MR) is 110 cm³/mol. The molecule has 27 heavy (non-hydrogen) atoms. The summed E-state index contributed by atoms with van der Waals surface area (Å²) in [6, 6.07) is 18.2. The summed E-state index contributed by atoms with van der Waals surface area (Å²) in [5.74, 6) is 1.30. The van der Waals surface area contributed by atoms with Crippen LogP contribution in [0.2, 0.25) is 0 Å². The summed E-state index contributed by atoms with van der Waals surface area (Å²) < 4.78 is 0. The fourth-order valence-corrected chi connectivity index (χ4v) is 2.48. The number of urea groups is 1. The minimum Gasteiger partial charge on any atom is -0.370 e. The zero-order chi connectivity index (χ0) is 19.1.